The SMILES string of the molecule is CCCCOC(=O)c1cc(NC(=O)CN2C(=O)S/C(=C/c3cc(I)c(OCc4ccc(Cl)cc4)c(OC)c3)C2=O)ccc1Cl. The van der Waals surface area contributed by atoms with Crippen LogP contribution >= 0.6 is 57.6 Å². The Kier molecular flexibility index (Phi) is 12.0. The van der Waals surface area contributed by atoms with Crippen molar-refractivity contribution < 1.29 is 33.4 Å². The van der Waals surface area contributed by atoms with E-state index in [1.54, 1.807) is 30.3 Å². The number of ether oxygens (including phenoxy) is 3. The van der Waals surface area contributed by atoms with Crippen LogP contribution in [0.3, 0.4) is 0 Å². The van der Waals surface area contributed by atoms with E-state index in [-0.39, 0.29) is 27.8 Å². The molecule has 0 radical (unpaired) electrons. The van der Waals surface area contributed by atoms with Crippen LogP contribution in [-0.2, 0) is 20.9 Å². The van der Waals surface area contributed by atoms with Gasteiger partial charge in [0, 0.05) is 10.7 Å². The number of esters is 1. The van der Waals surface area contributed by atoms with Gasteiger partial charge >= 0.3 is 5.97 Å². The van der Waals surface area contributed by atoms with Gasteiger partial charge in [-0.2, -0.15) is 0 Å². The van der Waals surface area contributed by atoms with Crippen molar-refractivity contribution in [2.24, 2.45) is 0 Å². The molecule has 13 heteroatoms. The van der Waals surface area contributed by atoms with E-state index in [1.807, 2.05) is 19.1 Å². The lowest BCUT2D eigenvalue weighted by molar-refractivity contribution is -0.127. The van der Waals surface area contributed by atoms with Crippen LogP contribution in [0.2, 0.25) is 10.0 Å². The van der Waals surface area contributed by atoms with E-state index >= 15 is 0 Å². The first-order valence-electron chi connectivity index (χ1n) is 13.4. The molecule has 3 amide bonds. The second kappa shape index (κ2) is 15.6. The second-order valence-electron chi connectivity index (χ2n) is 9.45. The fourth-order valence-corrected chi connectivity index (χ4v) is 5.92. The van der Waals surface area contributed by atoms with Gasteiger partial charge in [0.05, 0.1) is 32.8 Å². The minimum absolute atomic E-state index is 0.0983. The normalized spacial score (nSPS) is 13.8. The molecule has 1 heterocycles. The fourth-order valence-electron chi connectivity index (χ4n) is 3.98. The molecule has 1 aliphatic rings. The Bertz CT molecular complexity index is 1620. The number of nitrogens with one attached hydrogen (secondary N) is 1. The summed E-state index contributed by atoms with van der Waals surface area (Å²) < 4.78 is 17.5. The number of methoxy groups -OCH3 is 1. The maximum Gasteiger partial charge on any atom is 0.339 e. The molecule has 1 fully saturated rings. The molecule has 0 aliphatic carbocycles. The maximum absolute atomic E-state index is 13.1. The maximum atomic E-state index is 13.1. The largest absolute Gasteiger partial charge is 0.493 e. The molecule has 0 unspecified atom stereocenters. The van der Waals surface area contributed by atoms with E-state index in [0.717, 1.165) is 32.2 Å². The molecular weight excluding hydrogens is 742 g/mol. The highest BCUT2D eigenvalue weighted by Crippen LogP contribution is 2.37. The Morgan fingerprint density at radius 2 is 1.82 bits per heavy atom. The highest BCUT2D eigenvalue weighted by molar-refractivity contribution is 14.1. The molecule has 3 aromatic carbocycles. The number of rotatable bonds is 12. The van der Waals surface area contributed by atoms with Crippen LogP contribution < -0.4 is 14.8 Å². The van der Waals surface area contributed by atoms with Gasteiger partial charge < -0.3 is 19.5 Å². The van der Waals surface area contributed by atoms with Crippen molar-refractivity contribution in [3.8, 4) is 11.5 Å². The van der Waals surface area contributed by atoms with Crippen molar-refractivity contribution in [3.05, 3.63) is 89.8 Å². The first kappa shape index (κ1) is 33.6. The first-order valence-corrected chi connectivity index (χ1v) is 16.0. The topological polar surface area (TPSA) is 111 Å². The summed E-state index contributed by atoms with van der Waals surface area (Å²) in [4.78, 5) is 51.9. The van der Waals surface area contributed by atoms with Crippen LogP contribution in [0.15, 0.2) is 59.5 Å². The zero-order valence-electron chi connectivity index (χ0n) is 23.7. The van der Waals surface area contributed by atoms with Crippen molar-refractivity contribution >= 4 is 92.3 Å². The van der Waals surface area contributed by atoms with E-state index in [1.165, 1.54) is 25.3 Å². The molecule has 0 spiro atoms. The molecule has 1 saturated heterocycles. The molecule has 230 valence electrons. The molecule has 0 saturated carbocycles. The third-order valence-corrected chi connectivity index (χ3v) is 8.51. The monoisotopic (exact) mass is 768 g/mol. The van der Waals surface area contributed by atoms with Crippen molar-refractivity contribution in [2.75, 3.05) is 25.6 Å². The van der Waals surface area contributed by atoms with Crippen LogP contribution in [0.4, 0.5) is 10.5 Å². The smallest absolute Gasteiger partial charge is 0.339 e. The number of halogens is 3. The van der Waals surface area contributed by atoms with Crippen molar-refractivity contribution in [1.29, 1.82) is 0 Å². The quantitative estimate of drug-likeness (QED) is 0.0860. The summed E-state index contributed by atoms with van der Waals surface area (Å²) in [6.07, 6.45) is 3.14. The van der Waals surface area contributed by atoms with E-state index < -0.39 is 29.6 Å². The van der Waals surface area contributed by atoms with E-state index in [9.17, 15) is 19.2 Å². The summed E-state index contributed by atoms with van der Waals surface area (Å²) in [7, 11) is 1.51. The van der Waals surface area contributed by atoms with Gasteiger partial charge in [0.15, 0.2) is 11.5 Å². The molecule has 0 aromatic heterocycles. The number of carbonyl (C=O) groups is 4. The number of imide groups is 1. The number of benzene rings is 3. The van der Waals surface area contributed by atoms with Gasteiger partial charge in [-0.15, -0.1) is 0 Å². The first-order chi connectivity index (χ1) is 21.1. The van der Waals surface area contributed by atoms with Gasteiger partial charge in [0.1, 0.15) is 13.2 Å². The van der Waals surface area contributed by atoms with Gasteiger partial charge in [0.2, 0.25) is 5.91 Å². The highest BCUT2D eigenvalue weighted by atomic mass is 127. The minimum Gasteiger partial charge on any atom is -0.493 e. The summed E-state index contributed by atoms with van der Waals surface area (Å²) in [5.74, 6) is -0.858. The van der Waals surface area contributed by atoms with Gasteiger partial charge in [0.25, 0.3) is 11.1 Å². The van der Waals surface area contributed by atoms with Gasteiger partial charge in [-0.25, -0.2) is 4.79 Å². The molecule has 1 aliphatic heterocycles. The zero-order chi connectivity index (χ0) is 31.8. The number of hydrogen-bond acceptors (Lipinski definition) is 8. The summed E-state index contributed by atoms with van der Waals surface area (Å²) in [6, 6.07) is 15.1. The summed E-state index contributed by atoms with van der Waals surface area (Å²) in [5, 5.41) is 2.82. The van der Waals surface area contributed by atoms with Gasteiger partial charge in [-0.05, 0) is 100 Å². The Balaban J connectivity index is 1.42. The number of anilines is 1. The fraction of sp³-hybridized carbons (Fsp3) is 0.226. The third kappa shape index (κ3) is 8.68. The predicted molar refractivity (Wildman–Crippen MR) is 179 cm³/mol. The standard InChI is InChI=1S/C31H27Cl2IN2O7S/c1-3-4-11-42-30(39)22-15-21(9-10-23(22)33)35-27(37)16-36-29(38)26(44-31(36)40)14-19-12-24(34)28(25(13-19)41-2)43-17-18-5-7-20(32)8-6-18/h5-10,12-15H,3-4,11,16-17H2,1-2H3,(H,35,37)/b26-14+. The van der Waals surface area contributed by atoms with E-state index in [4.69, 9.17) is 37.4 Å². The predicted octanol–water partition coefficient (Wildman–Crippen LogP) is 7.82. The van der Waals surface area contributed by atoms with E-state index in [0.29, 0.717) is 35.1 Å². The molecule has 0 atom stereocenters. The van der Waals surface area contributed by atoms with Crippen LogP contribution in [-0.4, -0.2) is 48.2 Å². The average Bonchev–Trinajstić information content (AvgIpc) is 3.25. The van der Waals surface area contributed by atoms with Crippen molar-refractivity contribution in [3.63, 3.8) is 0 Å². The summed E-state index contributed by atoms with van der Waals surface area (Å²) in [5.41, 5.74) is 1.90. The second-order valence-corrected chi connectivity index (χ2v) is 12.4. The molecule has 44 heavy (non-hydrogen) atoms. The number of unbranched alkanes of at least 4 members (excludes halogenated alkanes) is 1. The van der Waals surface area contributed by atoms with Crippen LogP contribution in [0, 0.1) is 3.57 Å². The van der Waals surface area contributed by atoms with Crippen LogP contribution in [0.1, 0.15) is 41.3 Å². The lowest BCUT2D eigenvalue weighted by Crippen LogP contribution is -2.36. The number of nitrogens with zero attached hydrogens (tertiary/aromatic N) is 1. The summed E-state index contributed by atoms with van der Waals surface area (Å²) >= 11 is 14.9. The zero-order valence-corrected chi connectivity index (χ0v) is 28.1. The highest BCUT2D eigenvalue weighted by Gasteiger charge is 2.36. The Morgan fingerprint density at radius 3 is 2.52 bits per heavy atom. The summed E-state index contributed by atoms with van der Waals surface area (Å²) in [6.45, 7) is 2.01. The molecule has 9 nitrogen and oxygen atoms in total. The number of thioether (sulfide) groups is 1. The molecule has 0 bridgehead atoms. The average molecular weight is 769 g/mol. The van der Waals surface area contributed by atoms with Gasteiger partial charge in [-0.1, -0.05) is 48.7 Å². The number of amides is 3. The lowest BCUT2D eigenvalue weighted by Gasteiger charge is -2.14. The molecular formula is C31H27Cl2IN2O7S. The Hall–Kier alpha value is -3.26. The minimum atomic E-state index is -0.625. The Morgan fingerprint density at radius 1 is 1.07 bits per heavy atom. The van der Waals surface area contributed by atoms with Crippen LogP contribution in [0.5, 0.6) is 11.5 Å². The molecule has 4 rings (SSSR count). The number of hydrogen-bond donors (Lipinski definition) is 1. The van der Waals surface area contributed by atoms with Crippen molar-refractivity contribution in [1.82, 2.24) is 4.90 Å². The Labute approximate surface area is 282 Å². The van der Waals surface area contributed by atoms with Gasteiger partial charge in [-0.3, -0.25) is 19.3 Å². The van der Waals surface area contributed by atoms with Crippen LogP contribution in [0.25, 0.3) is 6.08 Å². The lowest BCUT2D eigenvalue weighted by atomic mass is 10.1. The molecule has 1 N–H and O–H groups in total. The third-order valence-electron chi connectivity index (χ3n) is 6.22. The molecule has 3 aromatic rings. The number of carbonyl (C=O) groups excluding carboxylic acids is 4. The van der Waals surface area contributed by atoms with E-state index in [2.05, 4.69) is 27.9 Å². The van der Waals surface area contributed by atoms with Crippen molar-refractivity contribution in [2.45, 2.75) is 26.4 Å².